The summed E-state index contributed by atoms with van der Waals surface area (Å²) in [5, 5.41) is 20.4. The van der Waals surface area contributed by atoms with E-state index in [4.69, 9.17) is 5.73 Å². The summed E-state index contributed by atoms with van der Waals surface area (Å²) in [5.41, 5.74) is 4.47. The van der Waals surface area contributed by atoms with E-state index in [1.54, 1.807) is 6.92 Å². The summed E-state index contributed by atoms with van der Waals surface area (Å²) in [7, 11) is 0. The van der Waals surface area contributed by atoms with Crippen LogP contribution in [-0.2, 0) is 16.0 Å². The lowest BCUT2D eigenvalue weighted by molar-refractivity contribution is -0.388. The molecule has 0 saturated carbocycles. The van der Waals surface area contributed by atoms with Gasteiger partial charge in [0.25, 0.3) is 0 Å². The molecule has 0 aromatic heterocycles. The molecule has 1 aromatic carbocycles. The highest BCUT2D eigenvalue weighted by Gasteiger charge is 2.28. The van der Waals surface area contributed by atoms with Gasteiger partial charge in [-0.15, -0.1) is 0 Å². The van der Waals surface area contributed by atoms with Gasteiger partial charge in [0.15, 0.2) is 0 Å². The predicted octanol–water partition coefficient (Wildman–Crippen LogP) is 1.63. The molecule has 110 valence electrons. The van der Waals surface area contributed by atoms with Crippen molar-refractivity contribution in [2.24, 2.45) is 5.73 Å². The number of hydrogen-bond acceptors (Lipinski definition) is 6. The lowest BCUT2D eigenvalue weighted by Gasteiger charge is -2.12. The molecule has 0 amide bonds. The average Bonchev–Trinajstić information content (AvgIpc) is 2.35. The smallest absolute Gasteiger partial charge is 0.347 e. The van der Waals surface area contributed by atoms with E-state index in [0.29, 0.717) is 0 Å². The first-order valence-corrected chi connectivity index (χ1v) is 6.35. The number of esters is 1. The molecule has 0 aliphatic rings. The maximum absolute atomic E-state index is 13.5. The van der Waals surface area contributed by atoms with Crippen LogP contribution >= 0.6 is 15.9 Å². The van der Waals surface area contributed by atoms with Gasteiger partial charge in [-0.3, -0.25) is 14.9 Å². The highest BCUT2D eigenvalue weighted by Crippen LogP contribution is 2.37. The fourth-order valence-corrected chi connectivity index (χ4v) is 2.01. The van der Waals surface area contributed by atoms with Gasteiger partial charge >= 0.3 is 11.7 Å². The Morgan fingerprint density at radius 3 is 2.80 bits per heavy atom. The molecule has 1 atom stereocenters. The van der Waals surface area contributed by atoms with Crippen molar-refractivity contribution in [2.45, 2.75) is 19.4 Å². The Balaban J connectivity index is 3.14. The third kappa shape index (κ3) is 3.42. The van der Waals surface area contributed by atoms with Crippen LogP contribution in [0.5, 0.6) is 5.75 Å². The van der Waals surface area contributed by atoms with Crippen LogP contribution < -0.4 is 5.73 Å². The summed E-state index contributed by atoms with van der Waals surface area (Å²) in [6.07, 6.45) is -0.218. The van der Waals surface area contributed by atoms with Gasteiger partial charge in [0.05, 0.1) is 16.0 Å². The van der Waals surface area contributed by atoms with E-state index >= 15 is 0 Å². The molecule has 0 bridgehead atoms. The van der Waals surface area contributed by atoms with Crippen LogP contribution in [0.2, 0.25) is 0 Å². The zero-order valence-corrected chi connectivity index (χ0v) is 12.0. The zero-order chi connectivity index (χ0) is 15.4. The van der Waals surface area contributed by atoms with Crippen LogP contribution in [0.4, 0.5) is 10.1 Å². The van der Waals surface area contributed by atoms with E-state index in [0.717, 1.165) is 6.07 Å². The van der Waals surface area contributed by atoms with Crippen molar-refractivity contribution in [3.63, 3.8) is 0 Å². The third-order valence-corrected chi connectivity index (χ3v) is 3.04. The quantitative estimate of drug-likeness (QED) is 0.473. The standard InChI is InChI=1S/C11H12BrFN2O5/c1-2-20-11(17)7(14)4-5-3-6(12)8(13)9(10(5)16)15(18)19/h3,7,16H,2,4,14H2,1H3. The summed E-state index contributed by atoms with van der Waals surface area (Å²) < 4.78 is 18.0. The molecule has 20 heavy (non-hydrogen) atoms. The van der Waals surface area contributed by atoms with Gasteiger partial charge in [0.2, 0.25) is 11.6 Å². The Morgan fingerprint density at radius 1 is 1.70 bits per heavy atom. The summed E-state index contributed by atoms with van der Waals surface area (Å²) >= 11 is 2.81. The van der Waals surface area contributed by atoms with E-state index < -0.39 is 34.2 Å². The van der Waals surface area contributed by atoms with E-state index in [1.165, 1.54) is 0 Å². The van der Waals surface area contributed by atoms with Crippen LogP contribution in [0, 0.1) is 15.9 Å². The Bertz CT molecular complexity index is 552. The molecule has 0 radical (unpaired) electrons. The second-order valence-electron chi connectivity index (χ2n) is 3.85. The molecule has 0 aliphatic heterocycles. The first kappa shape index (κ1) is 16.3. The number of carbonyl (C=O) groups excluding carboxylic acids is 1. The van der Waals surface area contributed by atoms with Crippen molar-refractivity contribution in [3.8, 4) is 5.75 Å². The number of nitro groups is 1. The van der Waals surface area contributed by atoms with Gasteiger partial charge in [-0.2, -0.15) is 4.39 Å². The van der Waals surface area contributed by atoms with Crippen molar-refractivity contribution in [3.05, 3.63) is 32.0 Å². The van der Waals surface area contributed by atoms with E-state index in [1.807, 2.05) is 0 Å². The second kappa shape index (κ2) is 6.62. The number of rotatable bonds is 5. The zero-order valence-electron chi connectivity index (χ0n) is 10.4. The molecule has 1 rings (SSSR count). The number of ether oxygens (including phenoxy) is 1. The van der Waals surface area contributed by atoms with Gasteiger partial charge < -0.3 is 15.6 Å². The van der Waals surface area contributed by atoms with E-state index in [9.17, 15) is 24.4 Å². The monoisotopic (exact) mass is 350 g/mol. The summed E-state index contributed by atoms with van der Waals surface area (Å²) in [6.45, 7) is 1.73. The van der Waals surface area contributed by atoms with Crippen LogP contribution in [-0.4, -0.2) is 28.6 Å². The molecule has 9 heteroatoms. The van der Waals surface area contributed by atoms with Crippen LogP contribution in [0.1, 0.15) is 12.5 Å². The normalized spacial score (nSPS) is 12.0. The first-order chi connectivity index (χ1) is 9.29. The minimum Gasteiger partial charge on any atom is -0.502 e. The van der Waals surface area contributed by atoms with Crippen LogP contribution in [0.3, 0.4) is 0 Å². The number of halogens is 2. The molecule has 0 heterocycles. The summed E-state index contributed by atoms with van der Waals surface area (Å²) in [5.74, 6) is -2.76. The number of phenols is 1. The van der Waals surface area contributed by atoms with E-state index in [-0.39, 0.29) is 23.1 Å². The highest BCUT2D eigenvalue weighted by atomic mass is 79.9. The number of aromatic hydroxyl groups is 1. The van der Waals surface area contributed by atoms with Crippen molar-refractivity contribution in [1.82, 2.24) is 0 Å². The molecule has 0 aliphatic carbocycles. The third-order valence-electron chi connectivity index (χ3n) is 2.46. The Kier molecular flexibility index (Phi) is 5.40. The fourth-order valence-electron chi connectivity index (χ4n) is 1.55. The molecular formula is C11H12BrFN2O5. The van der Waals surface area contributed by atoms with Crippen molar-refractivity contribution < 1.29 is 24.0 Å². The molecule has 0 saturated heterocycles. The Morgan fingerprint density at radius 2 is 2.30 bits per heavy atom. The lowest BCUT2D eigenvalue weighted by atomic mass is 10.0. The number of benzene rings is 1. The number of nitro benzene ring substituents is 1. The topological polar surface area (TPSA) is 116 Å². The number of hydrogen-bond donors (Lipinski definition) is 2. The molecule has 0 spiro atoms. The molecule has 1 unspecified atom stereocenters. The number of nitrogens with zero attached hydrogens (tertiary/aromatic N) is 1. The first-order valence-electron chi connectivity index (χ1n) is 5.56. The largest absolute Gasteiger partial charge is 0.502 e. The molecule has 3 N–H and O–H groups in total. The van der Waals surface area contributed by atoms with E-state index in [2.05, 4.69) is 20.7 Å². The minimum atomic E-state index is -1.19. The highest BCUT2D eigenvalue weighted by molar-refractivity contribution is 9.10. The Labute approximate surface area is 121 Å². The molecule has 7 nitrogen and oxygen atoms in total. The maximum Gasteiger partial charge on any atom is 0.347 e. The summed E-state index contributed by atoms with van der Waals surface area (Å²) in [6, 6.07) is 0.0225. The molecular weight excluding hydrogens is 339 g/mol. The second-order valence-corrected chi connectivity index (χ2v) is 4.70. The van der Waals surface area contributed by atoms with Crippen LogP contribution in [0.25, 0.3) is 0 Å². The molecule has 0 fully saturated rings. The predicted molar refractivity (Wildman–Crippen MR) is 70.7 cm³/mol. The Hall–Kier alpha value is -1.74. The van der Waals surface area contributed by atoms with Gasteiger partial charge in [-0.25, -0.2) is 0 Å². The number of carbonyl (C=O) groups is 1. The fraction of sp³-hybridized carbons (Fsp3) is 0.364. The van der Waals surface area contributed by atoms with Crippen LogP contribution in [0.15, 0.2) is 10.5 Å². The van der Waals surface area contributed by atoms with Crippen molar-refractivity contribution in [2.75, 3.05) is 6.61 Å². The van der Waals surface area contributed by atoms with Crippen molar-refractivity contribution in [1.29, 1.82) is 0 Å². The number of phenolic OH excluding ortho intramolecular Hbond substituents is 1. The van der Waals surface area contributed by atoms with Gasteiger partial charge in [0, 0.05) is 12.0 Å². The summed E-state index contributed by atoms with van der Waals surface area (Å²) in [4.78, 5) is 21.1. The average molecular weight is 351 g/mol. The van der Waals surface area contributed by atoms with Crippen molar-refractivity contribution >= 4 is 27.6 Å². The SMILES string of the molecule is CCOC(=O)C(N)Cc1cc(Br)c(F)c([N+](=O)[O-])c1O. The molecule has 1 aromatic rings. The van der Waals surface area contributed by atoms with Gasteiger partial charge in [-0.1, -0.05) is 0 Å². The minimum absolute atomic E-state index is 0.0227. The number of nitrogens with two attached hydrogens (primary N) is 1. The van der Waals surface area contributed by atoms with Gasteiger partial charge in [-0.05, 0) is 28.9 Å². The van der Waals surface area contributed by atoms with Gasteiger partial charge in [0.1, 0.15) is 6.04 Å². The lowest BCUT2D eigenvalue weighted by Crippen LogP contribution is -2.34. The maximum atomic E-state index is 13.5.